The quantitative estimate of drug-likeness (QED) is 0.746. The highest BCUT2D eigenvalue weighted by Crippen LogP contribution is 2.13. The number of amides is 1. The van der Waals surface area contributed by atoms with Gasteiger partial charge in [-0.15, -0.1) is 0 Å². The van der Waals surface area contributed by atoms with E-state index in [1.807, 2.05) is 43.3 Å². The Morgan fingerprint density at radius 2 is 2.14 bits per heavy atom. The topological polar surface area (TPSA) is 50.8 Å². The van der Waals surface area contributed by atoms with E-state index in [9.17, 15) is 4.79 Å². The molecule has 1 heterocycles. The molecule has 0 unspecified atom stereocenters. The van der Waals surface area contributed by atoms with Gasteiger partial charge >= 0.3 is 0 Å². The predicted octanol–water partition coefficient (Wildman–Crippen LogP) is 1.93. The van der Waals surface area contributed by atoms with Crippen molar-refractivity contribution in [3.05, 3.63) is 29.8 Å². The molecule has 1 aromatic carbocycles. The van der Waals surface area contributed by atoms with Gasteiger partial charge in [-0.3, -0.25) is 4.79 Å². The molecule has 1 aliphatic heterocycles. The van der Waals surface area contributed by atoms with Gasteiger partial charge in [0.1, 0.15) is 0 Å². The van der Waals surface area contributed by atoms with Crippen LogP contribution in [0.4, 0.5) is 5.69 Å². The minimum atomic E-state index is -0.0329. The Labute approximate surface area is 132 Å². The van der Waals surface area contributed by atoms with Gasteiger partial charge in [-0.05, 0) is 37.1 Å². The van der Waals surface area contributed by atoms with Gasteiger partial charge in [-0.25, -0.2) is 0 Å². The second-order valence-electron chi connectivity index (χ2n) is 5.86. The summed E-state index contributed by atoms with van der Waals surface area (Å²) in [5.41, 5.74) is 1.77. The van der Waals surface area contributed by atoms with Crippen LogP contribution in [0.15, 0.2) is 24.3 Å². The van der Waals surface area contributed by atoms with Crippen LogP contribution < -0.4 is 10.2 Å². The van der Waals surface area contributed by atoms with Crippen LogP contribution in [0.25, 0.3) is 0 Å². The number of carbonyl (C=O) groups excluding carboxylic acids is 1. The Balaban J connectivity index is 1.58. The van der Waals surface area contributed by atoms with Gasteiger partial charge in [0.25, 0.3) is 5.91 Å². The number of nitrogens with one attached hydrogen (secondary N) is 1. The van der Waals surface area contributed by atoms with Gasteiger partial charge < -0.3 is 19.7 Å². The molecule has 1 atom stereocenters. The molecule has 1 amide bonds. The van der Waals surface area contributed by atoms with E-state index in [0.717, 1.165) is 38.3 Å². The molecular weight excluding hydrogens is 280 g/mol. The number of hydrogen-bond acceptors (Lipinski definition) is 4. The first-order valence-electron chi connectivity index (χ1n) is 7.88. The van der Waals surface area contributed by atoms with Gasteiger partial charge in [-0.2, -0.15) is 0 Å². The first-order valence-corrected chi connectivity index (χ1v) is 7.88. The average Bonchev–Trinajstić information content (AvgIpc) is 3.04. The third kappa shape index (κ3) is 5.31. The lowest BCUT2D eigenvalue weighted by Crippen LogP contribution is -2.25. The van der Waals surface area contributed by atoms with Crippen molar-refractivity contribution >= 4 is 11.6 Å². The van der Waals surface area contributed by atoms with Crippen molar-refractivity contribution in [2.75, 3.05) is 52.0 Å². The summed E-state index contributed by atoms with van der Waals surface area (Å²) in [6.07, 6.45) is 1.93. The van der Waals surface area contributed by atoms with Crippen LogP contribution >= 0.6 is 0 Å². The summed E-state index contributed by atoms with van der Waals surface area (Å²) in [4.78, 5) is 14.0. The Hall–Kier alpha value is -1.59. The lowest BCUT2D eigenvalue weighted by molar-refractivity contribution is 0.0853. The predicted molar refractivity (Wildman–Crippen MR) is 87.5 cm³/mol. The van der Waals surface area contributed by atoms with Gasteiger partial charge in [0, 0.05) is 51.0 Å². The Morgan fingerprint density at radius 3 is 2.77 bits per heavy atom. The maximum atomic E-state index is 12.0. The average molecular weight is 306 g/mol. The fraction of sp³-hybridized carbons (Fsp3) is 0.588. The summed E-state index contributed by atoms with van der Waals surface area (Å²) in [6.45, 7) is 3.75. The van der Waals surface area contributed by atoms with Gasteiger partial charge in [0.2, 0.25) is 0 Å². The molecule has 0 aliphatic carbocycles. The maximum absolute atomic E-state index is 12.0. The van der Waals surface area contributed by atoms with Crippen molar-refractivity contribution in [3.63, 3.8) is 0 Å². The summed E-state index contributed by atoms with van der Waals surface area (Å²) in [7, 11) is 3.96. The highest BCUT2D eigenvalue weighted by atomic mass is 16.5. The van der Waals surface area contributed by atoms with E-state index in [2.05, 4.69) is 5.32 Å². The Morgan fingerprint density at radius 1 is 1.36 bits per heavy atom. The smallest absolute Gasteiger partial charge is 0.251 e. The number of benzene rings is 1. The van der Waals surface area contributed by atoms with Crippen LogP contribution in [0.2, 0.25) is 0 Å². The van der Waals surface area contributed by atoms with Crippen molar-refractivity contribution in [1.29, 1.82) is 0 Å². The number of nitrogens with zero attached hydrogens (tertiary/aromatic N) is 1. The van der Waals surface area contributed by atoms with E-state index >= 15 is 0 Å². The van der Waals surface area contributed by atoms with Crippen molar-refractivity contribution < 1.29 is 14.3 Å². The van der Waals surface area contributed by atoms with Crippen molar-refractivity contribution in [3.8, 4) is 0 Å². The van der Waals surface area contributed by atoms with E-state index < -0.39 is 0 Å². The normalized spacial score (nSPS) is 17.5. The molecule has 1 aliphatic rings. The Bertz CT molecular complexity index is 453. The fourth-order valence-corrected chi connectivity index (χ4v) is 2.35. The minimum Gasteiger partial charge on any atom is -0.381 e. The molecule has 122 valence electrons. The second-order valence-corrected chi connectivity index (χ2v) is 5.86. The first kappa shape index (κ1) is 16.8. The molecule has 5 heteroatoms. The van der Waals surface area contributed by atoms with E-state index in [0.29, 0.717) is 24.6 Å². The van der Waals surface area contributed by atoms with Crippen molar-refractivity contribution in [2.45, 2.75) is 12.8 Å². The summed E-state index contributed by atoms with van der Waals surface area (Å²) in [5, 5.41) is 2.92. The largest absolute Gasteiger partial charge is 0.381 e. The number of hydrogen-bond donors (Lipinski definition) is 1. The molecule has 1 N–H and O–H groups in total. The number of ether oxygens (including phenoxy) is 2. The van der Waals surface area contributed by atoms with E-state index in [4.69, 9.17) is 9.47 Å². The van der Waals surface area contributed by atoms with Crippen LogP contribution in [0, 0.1) is 5.92 Å². The zero-order chi connectivity index (χ0) is 15.8. The molecule has 5 nitrogen and oxygen atoms in total. The summed E-state index contributed by atoms with van der Waals surface area (Å²) >= 11 is 0. The summed E-state index contributed by atoms with van der Waals surface area (Å²) in [5.74, 6) is 0.513. The zero-order valence-corrected chi connectivity index (χ0v) is 13.5. The van der Waals surface area contributed by atoms with Crippen molar-refractivity contribution in [2.24, 2.45) is 5.92 Å². The monoisotopic (exact) mass is 306 g/mol. The summed E-state index contributed by atoms with van der Waals surface area (Å²) in [6, 6.07) is 7.59. The number of rotatable bonds is 8. The van der Waals surface area contributed by atoms with Gasteiger partial charge in [-0.1, -0.05) is 0 Å². The minimum absolute atomic E-state index is 0.0329. The SMILES string of the molecule is CN(C)c1ccc(C(=O)NCCCOC[C@H]2CCOC2)cc1. The van der Waals surface area contributed by atoms with Crippen LogP contribution in [-0.4, -0.2) is 53.0 Å². The first-order chi connectivity index (χ1) is 10.7. The van der Waals surface area contributed by atoms with E-state index in [1.54, 1.807) is 0 Å². The maximum Gasteiger partial charge on any atom is 0.251 e. The Kier molecular flexibility index (Phi) is 6.68. The lowest BCUT2D eigenvalue weighted by Gasteiger charge is -2.12. The molecule has 2 rings (SSSR count). The van der Waals surface area contributed by atoms with Crippen LogP contribution in [0.3, 0.4) is 0 Å². The number of carbonyl (C=O) groups is 1. The van der Waals surface area contributed by atoms with Crippen LogP contribution in [0.5, 0.6) is 0 Å². The van der Waals surface area contributed by atoms with Gasteiger partial charge in [0.15, 0.2) is 0 Å². The molecule has 0 aromatic heterocycles. The third-order valence-electron chi connectivity index (χ3n) is 3.77. The highest BCUT2D eigenvalue weighted by Gasteiger charge is 2.15. The molecule has 0 radical (unpaired) electrons. The molecule has 0 bridgehead atoms. The molecule has 1 saturated heterocycles. The number of anilines is 1. The third-order valence-corrected chi connectivity index (χ3v) is 3.77. The van der Waals surface area contributed by atoms with E-state index in [-0.39, 0.29) is 5.91 Å². The van der Waals surface area contributed by atoms with Crippen LogP contribution in [-0.2, 0) is 9.47 Å². The molecule has 22 heavy (non-hydrogen) atoms. The highest BCUT2D eigenvalue weighted by molar-refractivity contribution is 5.94. The standard InChI is InChI=1S/C17H26N2O3/c1-19(2)16-6-4-15(5-7-16)17(20)18-9-3-10-21-12-14-8-11-22-13-14/h4-7,14H,3,8-13H2,1-2H3,(H,18,20)/t14-/m1/s1. The van der Waals surface area contributed by atoms with Crippen LogP contribution in [0.1, 0.15) is 23.2 Å². The second kappa shape index (κ2) is 8.76. The zero-order valence-electron chi connectivity index (χ0n) is 13.5. The molecular formula is C17H26N2O3. The lowest BCUT2D eigenvalue weighted by atomic mass is 10.1. The molecule has 0 saturated carbocycles. The fourth-order valence-electron chi connectivity index (χ4n) is 2.35. The van der Waals surface area contributed by atoms with Gasteiger partial charge in [0.05, 0.1) is 13.2 Å². The molecule has 1 aromatic rings. The van der Waals surface area contributed by atoms with Crippen molar-refractivity contribution in [1.82, 2.24) is 5.32 Å². The molecule has 0 spiro atoms. The molecule has 1 fully saturated rings. The summed E-state index contributed by atoms with van der Waals surface area (Å²) < 4.78 is 10.9. The van der Waals surface area contributed by atoms with E-state index in [1.165, 1.54) is 0 Å².